The number of rotatable bonds is 9. The summed E-state index contributed by atoms with van der Waals surface area (Å²) in [4.78, 5) is 23.5. The van der Waals surface area contributed by atoms with Crippen molar-refractivity contribution in [1.29, 1.82) is 0 Å². The van der Waals surface area contributed by atoms with Gasteiger partial charge in [0, 0.05) is 17.9 Å². The molecule has 1 amide bonds. The fourth-order valence-electron chi connectivity index (χ4n) is 3.12. The van der Waals surface area contributed by atoms with E-state index < -0.39 is 18.2 Å². The molecule has 0 fully saturated rings. The van der Waals surface area contributed by atoms with Crippen molar-refractivity contribution in [2.75, 3.05) is 18.5 Å². The summed E-state index contributed by atoms with van der Waals surface area (Å²) in [5.41, 5.74) is 1.25. The minimum Gasteiger partial charge on any atom is -0.491 e. The highest BCUT2D eigenvalue weighted by atomic mass is 16.6. The molecule has 1 atom stereocenters. The Balaban J connectivity index is 1.79. The second-order valence-electron chi connectivity index (χ2n) is 6.67. The third-order valence-corrected chi connectivity index (χ3v) is 4.48. The summed E-state index contributed by atoms with van der Waals surface area (Å²) in [6.45, 7) is 0.00834. The summed E-state index contributed by atoms with van der Waals surface area (Å²) in [6, 6.07) is 20.1. The topological polar surface area (TPSA) is 105 Å². The number of carboxylic acids is 1. The van der Waals surface area contributed by atoms with Gasteiger partial charge in [0.15, 0.2) is 0 Å². The van der Waals surface area contributed by atoms with Gasteiger partial charge in [-0.25, -0.2) is 9.59 Å². The summed E-state index contributed by atoms with van der Waals surface area (Å²) >= 11 is 0. The molecule has 0 aliphatic rings. The number of anilines is 1. The van der Waals surface area contributed by atoms with Crippen molar-refractivity contribution in [1.82, 2.24) is 0 Å². The number of carbonyl (C=O) groups excluding carboxylic acids is 1. The molecule has 0 saturated carbocycles. The van der Waals surface area contributed by atoms with Crippen LogP contribution in [-0.2, 0) is 9.53 Å². The van der Waals surface area contributed by atoms with Gasteiger partial charge >= 0.3 is 12.1 Å². The van der Waals surface area contributed by atoms with Gasteiger partial charge in [-0.05, 0) is 29.1 Å². The number of carboxylic acid groups (broad SMARTS) is 1. The number of hydrogen-bond donors (Lipinski definition) is 3. The molecule has 0 aliphatic heterocycles. The monoisotopic (exact) mass is 421 g/mol. The minimum absolute atomic E-state index is 0.126. The number of fused-ring (bicyclic) bond motifs is 1. The highest BCUT2D eigenvalue weighted by Gasteiger charge is 2.17. The molecular formula is C24H23NO6. The van der Waals surface area contributed by atoms with Gasteiger partial charge in [-0.1, -0.05) is 54.6 Å². The zero-order valence-corrected chi connectivity index (χ0v) is 16.7. The highest BCUT2D eigenvalue weighted by molar-refractivity contribution is 6.00. The standard InChI is InChI=1S/C24H23NO6/c26-14-15-30-19-9-3-8-18(16-19)22(12-5-13-23(27)28)31-24(29)25-21-11-4-7-17-6-1-2-10-20(17)21/h1-11,13,16,22,26H,12,14-15H2,(H,25,29)(H,27,28)/b13-5+/t22-/m0/s1. The van der Waals surface area contributed by atoms with E-state index in [0.29, 0.717) is 17.0 Å². The average Bonchev–Trinajstić information content (AvgIpc) is 2.77. The fourth-order valence-corrected chi connectivity index (χ4v) is 3.12. The Morgan fingerprint density at radius 1 is 1.03 bits per heavy atom. The van der Waals surface area contributed by atoms with Crippen LogP contribution in [0.5, 0.6) is 5.75 Å². The molecule has 0 unspecified atom stereocenters. The molecule has 0 saturated heterocycles. The molecule has 0 bridgehead atoms. The van der Waals surface area contributed by atoms with Crippen LogP contribution in [0.15, 0.2) is 78.9 Å². The highest BCUT2D eigenvalue weighted by Crippen LogP contribution is 2.28. The van der Waals surface area contributed by atoms with Crippen molar-refractivity contribution < 1.29 is 29.3 Å². The number of carbonyl (C=O) groups is 2. The Morgan fingerprint density at radius 3 is 2.61 bits per heavy atom. The third kappa shape index (κ3) is 6.32. The van der Waals surface area contributed by atoms with Gasteiger partial charge < -0.3 is 19.7 Å². The van der Waals surface area contributed by atoms with Crippen molar-refractivity contribution >= 4 is 28.5 Å². The maximum atomic E-state index is 12.7. The molecule has 7 heteroatoms. The largest absolute Gasteiger partial charge is 0.491 e. The van der Waals surface area contributed by atoms with E-state index in [9.17, 15) is 9.59 Å². The Morgan fingerprint density at radius 2 is 1.81 bits per heavy atom. The van der Waals surface area contributed by atoms with Crippen LogP contribution in [0, 0.1) is 0 Å². The molecule has 3 N–H and O–H groups in total. The van der Waals surface area contributed by atoms with E-state index in [1.165, 1.54) is 6.08 Å². The number of aliphatic hydroxyl groups is 1. The first-order valence-corrected chi connectivity index (χ1v) is 9.75. The van der Waals surface area contributed by atoms with Crippen LogP contribution in [0.25, 0.3) is 10.8 Å². The van der Waals surface area contributed by atoms with Crippen molar-refractivity contribution in [2.45, 2.75) is 12.5 Å². The average molecular weight is 421 g/mol. The fraction of sp³-hybridized carbons (Fsp3) is 0.167. The van der Waals surface area contributed by atoms with Gasteiger partial charge in [-0.15, -0.1) is 0 Å². The summed E-state index contributed by atoms with van der Waals surface area (Å²) < 4.78 is 11.1. The van der Waals surface area contributed by atoms with E-state index >= 15 is 0 Å². The van der Waals surface area contributed by atoms with Crippen LogP contribution in [0.4, 0.5) is 10.5 Å². The molecule has 31 heavy (non-hydrogen) atoms. The first-order valence-electron chi connectivity index (χ1n) is 9.75. The Labute approximate surface area is 179 Å². The first-order chi connectivity index (χ1) is 15.1. The summed E-state index contributed by atoms with van der Waals surface area (Å²) in [7, 11) is 0. The van der Waals surface area contributed by atoms with E-state index in [-0.39, 0.29) is 19.6 Å². The van der Waals surface area contributed by atoms with Gasteiger partial charge in [-0.2, -0.15) is 0 Å². The van der Waals surface area contributed by atoms with Crippen LogP contribution in [0.2, 0.25) is 0 Å². The number of aliphatic hydroxyl groups excluding tert-OH is 1. The van der Waals surface area contributed by atoms with Gasteiger partial charge in [0.25, 0.3) is 0 Å². The lowest BCUT2D eigenvalue weighted by Gasteiger charge is -2.18. The summed E-state index contributed by atoms with van der Waals surface area (Å²) in [6.07, 6.45) is 1.21. The second-order valence-corrected chi connectivity index (χ2v) is 6.67. The normalized spacial score (nSPS) is 11.9. The number of amides is 1. The van der Waals surface area contributed by atoms with Crippen LogP contribution in [0.3, 0.4) is 0 Å². The minimum atomic E-state index is -1.08. The summed E-state index contributed by atoms with van der Waals surface area (Å²) in [5.74, 6) is -0.573. The molecule has 0 heterocycles. The quantitative estimate of drug-likeness (QED) is 0.439. The van der Waals surface area contributed by atoms with E-state index in [4.69, 9.17) is 19.7 Å². The van der Waals surface area contributed by atoms with Gasteiger partial charge in [0.2, 0.25) is 0 Å². The molecule has 0 spiro atoms. The Kier molecular flexibility index (Phi) is 7.61. The van der Waals surface area contributed by atoms with Crippen LogP contribution >= 0.6 is 0 Å². The molecule has 0 aromatic heterocycles. The van der Waals surface area contributed by atoms with E-state index in [0.717, 1.165) is 16.8 Å². The predicted octanol–water partition coefficient (Wildman–Crippen LogP) is 4.53. The van der Waals surface area contributed by atoms with E-state index in [1.807, 2.05) is 36.4 Å². The first kappa shape index (κ1) is 21.9. The number of hydrogen-bond acceptors (Lipinski definition) is 5. The van der Waals surface area contributed by atoms with Gasteiger partial charge in [0.1, 0.15) is 18.5 Å². The van der Waals surface area contributed by atoms with Crippen LogP contribution < -0.4 is 10.1 Å². The van der Waals surface area contributed by atoms with Gasteiger partial charge in [-0.3, -0.25) is 5.32 Å². The molecule has 3 aromatic rings. The van der Waals surface area contributed by atoms with Crippen molar-refractivity contribution in [3.63, 3.8) is 0 Å². The Hall–Kier alpha value is -3.84. The van der Waals surface area contributed by atoms with E-state index in [2.05, 4.69) is 5.32 Å². The number of aliphatic carboxylic acids is 1. The zero-order valence-electron chi connectivity index (χ0n) is 16.7. The Bertz CT molecular complexity index is 1070. The molecular weight excluding hydrogens is 398 g/mol. The predicted molar refractivity (Wildman–Crippen MR) is 117 cm³/mol. The van der Waals surface area contributed by atoms with Crippen molar-refractivity contribution in [3.8, 4) is 5.75 Å². The maximum Gasteiger partial charge on any atom is 0.412 e. The lowest BCUT2D eigenvalue weighted by atomic mass is 10.1. The molecule has 3 rings (SSSR count). The van der Waals surface area contributed by atoms with Crippen LogP contribution in [0.1, 0.15) is 18.1 Å². The second kappa shape index (κ2) is 10.8. The summed E-state index contributed by atoms with van der Waals surface area (Å²) in [5, 5.41) is 22.4. The maximum absolute atomic E-state index is 12.7. The molecule has 3 aromatic carbocycles. The number of ether oxygens (including phenoxy) is 2. The molecule has 7 nitrogen and oxygen atoms in total. The van der Waals surface area contributed by atoms with Crippen molar-refractivity contribution in [2.24, 2.45) is 0 Å². The number of nitrogens with one attached hydrogen (secondary N) is 1. The number of benzene rings is 3. The SMILES string of the molecule is O=C(O)/C=C/C[C@H](OC(=O)Nc1cccc2ccccc12)c1cccc(OCCO)c1. The molecule has 0 aliphatic carbocycles. The smallest absolute Gasteiger partial charge is 0.412 e. The zero-order chi connectivity index (χ0) is 22.1. The van der Waals surface area contributed by atoms with Crippen molar-refractivity contribution in [3.05, 3.63) is 84.4 Å². The lowest BCUT2D eigenvalue weighted by Crippen LogP contribution is -2.17. The van der Waals surface area contributed by atoms with Gasteiger partial charge in [0.05, 0.1) is 12.3 Å². The van der Waals surface area contributed by atoms with E-state index in [1.54, 1.807) is 30.3 Å². The molecule has 160 valence electrons. The molecule has 0 radical (unpaired) electrons. The van der Waals surface area contributed by atoms with Crippen LogP contribution in [-0.4, -0.2) is 35.5 Å². The third-order valence-electron chi connectivity index (χ3n) is 4.48. The lowest BCUT2D eigenvalue weighted by molar-refractivity contribution is -0.131.